The van der Waals surface area contributed by atoms with Crippen LogP contribution in [0.1, 0.15) is 39.2 Å². The maximum Gasteiger partial charge on any atom is 0.308 e. The maximum absolute atomic E-state index is 13.0. The van der Waals surface area contributed by atoms with Crippen molar-refractivity contribution in [2.24, 2.45) is 5.92 Å². The number of carboxylic acids is 1. The molecule has 3 rings (SSSR count). The van der Waals surface area contributed by atoms with Gasteiger partial charge in [-0.15, -0.1) is 11.3 Å². The molecule has 1 aliphatic rings. The Morgan fingerprint density at radius 1 is 1.35 bits per heavy atom. The molecule has 2 heterocycles. The van der Waals surface area contributed by atoms with Gasteiger partial charge in [0.2, 0.25) is 0 Å². The lowest BCUT2D eigenvalue weighted by atomic mass is 9.89. The third-order valence-electron chi connectivity index (χ3n) is 5.13. The summed E-state index contributed by atoms with van der Waals surface area (Å²) in [5.74, 6) is -1.10. The fourth-order valence-corrected chi connectivity index (χ4v) is 4.63. The average Bonchev–Trinajstić information content (AvgIpc) is 3.25. The molecule has 0 saturated carbocycles. The average molecular weight is 373 g/mol. The summed E-state index contributed by atoms with van der Waals surface area (Å²) in [6, 6.07) is 7.46. The molecule has 5 nitrogen and oxygen atoms in total. The number of benzene rings is 1. The number of rotatable bonds is 5. The number of nitrogens with zero attached hydrogens (tertiary/aromatic N) is 1. The van der Waals surface area contributed by atoms with Gasteiger partial charge < -0.3 is 14.7 Å². The molecule has 1 aliphatic heterocycles. The lowest BCUT2D eigenvalue weighted by molar-refractivity contribution is -0.141. The normalized spacial score (nSPS) is 19.6. The van der Waals surface area contributed by atoms with Crippen LogP contribution >= 0.6 is 11.3 Å². The van der Waals surface area contributed by atoms with Crippen molar-refractivity contribution in [1.29, 1.82) is 0 Å². The van der Waals surface area contributed by atoms with E-state index >= 15 is 0 Å². The minimum absolute atomic E-state index is 0.0668. The molecule has 2 unspecified atom stereocenters. The molecule has 6 heteroatoms. The number of methoxy groups -OCH3 is 1. The summed E-state index contributed by atoms with van der Waals surface area (Å²) in [5.41, 5.74) is 2.67. The molecular weight excluding hydrogens is 350 g/mol. The van der Waals surface area contributed by atoms with E-state index in [1.807, 2.05) is 43.5 Å². The molecule has 1 aromatic heterocycles. The summed E-state index contributed by atoms with van der Waals surface area (Å²) in [6.07, 6.45) is 0.798. The van der Waals surface area contributed by atoms with Crippen LogP contribution in [0.5, 0.6) is 5.75 Å². The van der Waals surface area contributed by atoms with Gasteiger partial charge in [0.25, 0.3) is 5.91 Å². The largest absolute Gasteiger partial charge is 0.497 e. The number of hydrogen-bond acceptors (Lipinski definition) is 4. The van der Waals surface area contributed by atoms with Gasteiger partial charge in [-0.1, -0.05) is 19.1 Å². The van der Waals surface area contributed by atoms with Crippen molar-refractivity contribution in [2.45, 2.75) is 26.2 Å². The fraction of sp³-hybridized carbons (Fsp3) is 0.400. The fourth-order valence-electron chi connectivity index (χ4n) is 3.70. The Bertz CT molecular complexity index is 829. The first-order chi connectivity index (χ1) is 12.5. The molecule has 1 N–H and O–H groups in total. The Kier molecular flexibility index (Phi) is 5.32. The van der Waals surface area contributed by atoms with Gasteiger partial charge in [0.15, 0.2) is 0 Å². The SMILES string of the molecule is CCc1c(C(=O)N2CC(C(=O)O)C(c3cccc(OC)c3)C2)csc1C. The number of carbonyl (C=O) groups is 2. The number of carbonyl (C=O) groups excluding carboxylic acids is 1. The van der Waals surface area contributed by atoms with Crippen LogP contribution in [0.4, 0.5) is 0 Å². The first-order valence-electron chi connectivity index (χ1n) is 8.69. The summed E-state index contributed by atoms with van der Waals surface area (Å²) >= 11 is 1.57. The Balaban J connectivity index is 1.89. The lowest BCUT2D eigenvalue weighted by Crippen LogP contribution is -2.30. The van der Waals surface area contributed by atoms with Gasteiger partial charge in [-0.2, -0.15) is 0 Å². The van der Waals surface area contributed by atoms with Crippen molar-refractivity contribution in [3.05, 3.63) is 51.2 Å². The number of hydrogen-bond donors (Lipinski definition) is 1. The second-order valence-electron chi connectivity index (χ2n) is 6.58. The number of aliphatic carboxylic acids is 1. The van der Waals surface area contributed by atoms with E-state index in [0.717, 1.165) is 22.4 Å². The third-order valence-corrected chi connectivity index (χ3v) is 6.09. The molecule has 138 valence electrons. The third kappa shape index (κ3) is 3.33. The molecule has 1 saturated heterocycles. The Hall–Kier alpha value is -2.34. The van der Waals surface area contributed by atoms with Crippen molar-refractivity contribution >= 4 is 23.2 Å². The van der Waals surface area contributed by atoms with Gasteiger partial charge in [0.1, 0.15) is 5.75 Å². The number of likely N-dealkylation sites (tertiary alicyclic amines) is 1. The predicted molar refractivity (Wildman–Crippen MR) is 101 cm³/mol. The van der Waals surface area contributed by atoms with Gasteiger partial charge in [0, 0.05) is 29.3 Å². The summed E-state index contributed by atoms with van der Waals surface area (Å²) < 4.78 is 5.26. The first kappa shape index (κ1) is 18.5. The topological polar surface area (TPSA) is 66.8 Å². The van der Waals surface area contributed by atoms with Crippen molar-refractivity contribution < 1.29 is 19.4 Å². The molecule has 2 aromatic rings. The monoisotopic (exact) mass is 373 g/mol. The van der Waals surface area contributed by atoms with Gasteiger partial charge in [-0.25, -0.2) is 0 Å². The minimum Gasteiger partial charge on any atom is -0.497 e. The van der Waals surface area contributed by atoms with Crippen molar-refractivity contribution in [3.8, 4) is 5.75 Å². The molecule has 26 heavy (non-hydrogen) atoms. The molecule has 0 aliphatic carbocycles. The molecular formula is C20H23NO4S. The van der Waals surface area contributed by atoms with Crippen LogP contribution in [-0.4, -0.2) is 42.1 Å². The Morgan fingerprint density at radius 3 is 2.77 bits per heavy atom. The maximum atomic E-state index is 13.0. The summed E-state index contributed by atoms with van der Waals surface area (Å²) in [5, 5.41) is 11.6. The minimum atomic E-state index is -0.870. The van der Waals surface area contributed by atoms with E-state index in [-0.39, 0.29) is 18.4 Å². The quantitative estimate of drug-likeness (QED) is 0.870. The van der Waals surface area contributed by atoms with Crippen LogP contribution < -0.4 is 4.74 Å². The van der Waals surface area contributed by atoms with Crippen LogP contribution in [0.2, 0.25) is 0 Å². The lowest BCUT2D eigenvalue weighted by Gasteiger charge is -2.17. The first-order valence-corrected chi connectivity index (χ1v) is 9.57. The molecule has 1 aromatic carbocycles. The van der Waals surface area contributed by atoms with E-state index in [1.165, 1.54) is 0 Å². The van der Waals surface area contributed by atoms with E-state index in [9.17, 15) is 14.7 Å². The smallest absolute Gasteiger partial charge is 0.308 e. The van der Waals surface area contributed by atoms with Gasteiger partial charge >= 0.3 is 5.97 Å². The second kappa shape index (κ2) is 7.50. The van der Waals surface area contributed by atoms with Gasteiger partial charge in [-0.05, 0) is 36.6 Å². The zero-order chi connectivity index (χ0) is 18.8. The Morgan fingerprint density at radius 2 is 2.12 bits per heavy atom. The van der Waals surface area contributed by atoms with Crippen LogP contribution in [0.3, 0.4) is 0 Å². The zero-order valence-electron chi connectivity index (χ0n) is 15.2. The highest BCUT2D eigenvalue weighted by Crippen LogP contribution is 2.36. The van der Waals surface area contributed by atoms with Crippen molar-refractivity contribution in [1.82, 2.24) is 4.90 Å². The molecule has 0 spiro atoms. The van der Waals surface area contributed by atoms with Crippen LogP contribution in [-0.2, 0) is 11.2 Å². The molecule has 2 atom stereocenters. The molecule has 0 bridgehead atoms. The van der Waals surface area contributed by atoms with Crippen LogP contribution in [0.15, 0.2) is 29.6 Å². The summed E-state index contributed by atoms with van der Waals surface area (Å²) in [7, 11) is 1.59. The highest BCUT2D eigenvalue weighted by atomic mass is 32.1. The standard InChI is InChI=1S/C20H23NO4S/c1-4-15-12(2)26-11-18(15)19(22)21-9-16(17(10-21)20(23)24)13-6-5-7-14(8-13)25-3/h5-8,11,16-17H,4,9-10H2,1-3H3,(H,23,24). The number of aryl methyl sites for hydroxylation is 1. The summed E-state index contributed by atoms with van der Waals surface area (Å²) in [6.45, 7) is 4.69. The molecule has 0 radical (unpaired) electrons. The van der Waals surface area contributed by atoms with E-state index in [4.69, 9.17) is 4.74 Å². The number of amides is 1. The zero-order valence-corrected chi connectivity index (χ0v) is 16.0. The second-order valence-corrected chi connectivity index (χ2v) is 7.66. The van der Waals surface area contributed by atoms with E-state index in [2.05, 4.69) is 0 Å². The van der Waals surface area contributed by atoms with Crippen molar-refractivity contribution in [2.75, 3.05) is 20.2 Å². The van der Waals surface area contributed by atoms with Crippen molar-refractivity contribution in [3.63, 3.8) is 0 Å². The van der Waals surface area contributed by atoms with Crippen LogP contribution in [0.25, 0.3) is 0 Å². The highest BCUT2D eigenvalue weighted by molar-refractivity contribution is 7.10. The predicted octanol–water partition coefficient (Wildman–Crippen LogP) is 3.57. The van der Waals surface area contributed by atoms with E-state index in [1.54, 1.807) is 23.3 Å². The van der Waals surface area contributed by atoms with E-state index < -0.39 is 11.9 Å². The highest BCUT2D eigenvalue weighted by Gasteiger charge is 2.41. The van der Waals surface area contributed by atoms with Gasteiger partial charge in [-0.3, -0.25) is 9.59 Å². The Labute approximate surface area is 157 Å². The number of ether oxygens (including phenoxy) is 1. The van der Waals surface area contributed by atoms with Crippen LogP contribution in [0, 0.1) is 12.8 Å². The van der Waals surface area contributed by atoms with Gasteiger partial charge in [0.05, 0.1) is 18.6 Å². The molecule has 1 amide bonds. The molecule has 1 fully saturated rings. The number of thiophene rings is 1. The number of carboxylic acid groups (broad SMARTS) is 1. The summed E-state index contributed by atoms with van der Waals surface area (Å²) in [4.78, 5) is 27.7. The van der Waals surface area contributed by atoms with E-state index in [0.29, 0.717) is 17.9 Å².